The highest BCUT2D eigenvalue weighted by atomic mass is 35.5. The number of benzene rings is 1. The van der Waals surface area contributed by atoms with Crippen LogP contribution in [-0.4, -0.2) is 29.0 Å². The Labute approximate surface area is 148 Å². The summed E-state index contributed by atoms with van der Waals surface area (Å²) in [6.07, 6.45) is 1.27. The molecule has 0 saturated carbocycles. The van der Waals surface area contributed by atoms with Crippen molar-refractivity contribution in [2.75, 3.05) is 18.4 Å². The van der Waals surface area contributed by atoms with E-state index in [-0.39, 0.29) is 11.3 Å². The molecular weight excluding hydrogens is 324 g/mol. The lowest BCUT2D eigenvalue weighted by Gasteiger charge is -2.17. The van der Waals surface area contributed by atoms with Crippen LogP contribution in [0.15, 0.2) is 18.2 Å². The Morgan fingerprint density at radius 3 is 2.62 bits per heavy atom. The fraction of sp³-hybridized carbons (Fsp3) is 0.500. The maximum atomic E-state index is 11.8. The van der Waals surface area contributed by atoms with Crippen molar-refractivity contribution in [1.29, 1.82) is 0 Å². The van der Waals surface area contributed by atoms with Gasteiger partial charge in [0.2, 0.25) is 5.91 Å². The van der Waals surface area contributed by atoms with Crippen LogP contribution in [0.2, 0.25) is 5.02 Å². The van der Waals surface area contributed by atoms with Gasteiger partial charge in [0.05, 0.1) is 5.52 Å². The number of hydrogen-bond acceptors (Lipinski definition) is 4. The van der Waals surface area contributed by atoms with Gasteiger partial charge >= 0.3 is 0 Å². The van der Waals surface area contributed by atoms with E-state index in [1.54, 1.807) is 0 Å². The van der Waals surface area contributed by atoms with Gasteiger partial charge in [0.15, 0.2) is 0 Å². The van der Waals surface area contributed by atoms with Gasteiger partial charge in [-0.1, -0.05) is 39.3 Å². The molecule has 0 fully saturated rings. The minimum atomic E-state index is -0.00430. The molecule has 0 atom stereocenters. The predicted octanol–water partition coefficient (Wildman–Crippen LogP) is 3.81. The van der Waals surface area contributed by atoms with Crippen molar-refractivity contribution in [3.8, 4) is 0 Å². The number of carbonyl (C=O) groups excluding carboxylic acids is 1. The van der Waals surface area contributed by atoms with E-state index in [1.807, 2.05) is 25.1 Å². The lowest BCUT2D eigenvalue weighted by molar-refractivity contribution is -0.122. The summed E-state index contributed by atoms with van der Waals surface area (Å²) in [5, 5.41) is 7.80. The Kier molecular flexibility index (Phi) is 5.99. The van der Waals surface area contributed by atoms with Gasteiger partial charge in [-0.3, -0.25) is 4.79 Å². The second-order valence-corrected chi connectivity index (χ2v) is 7.45. The number of rotatable bonds is 6. The second-order valence-electron chi connectivity index (χ2n) is 7.02. The highest BCUT2D eigenvalue weighted by molar-refractivity contribution is 6.31. The summed E-state index contributed by atoms with van der Waals surface area (Å²) in [4.78, 5) is 20.9. The fourth-order valence-corrected chi connectivity index (χ4v) is 2.54. The smallest absolute Gasteiger partial charge is 0.220 e. The highest BCUT2D eigenvalue weighted by Gasteiger charge is 2.15. The first-order valence-electron chi connectivity index (χ1n) is 8.25. The van der Waals surface area contributed by atoms with Crippen LogP contribution in [0, 0.1) is 5.41 Å². The van der Waals surface area contributed by atoms with Crippen molar-refractivity contribution >= 4 is 34.2 Å². The summed E-state index contributed by atoms with van der Waals surface area (Å²) in [7, 11) is 0. The van der Waals surface area contributed by atoms with Crippen LogP contribution in [0.1, 0.15) is 39.9 Å². The summed E-state index contributed by atoms with van der Waals surface area (Å²) in [6.45, 7) is 9.32. The zero-order valence-corrected chi connectivity index (χ0v) is 15.5. The Balaban J connectivity index is 2.01. The largest absolute Gasteiger partial charge is 0.368 e. The molecule has 1 aromatic heterocycles. The Bertz CT molecular complexity index is 725. The zero-order chi connectivity index (χ0) is 17.7. The van der Waals surface area contributed by atoms with Crippen LogP contribution in [0.5, 0.6) is 0 Å². The lowest BCUT2D eigenvalue weighted by Crippen LogP contribution is -2.31. The van der Waals surface area contributed by atoms with Crippen LogP contribution in [0.4, 0.5) is 5.82 Å². The molecule has 2 aromatic rings. The minimum Gasteiger partial charge on any atom is -0.368 e. The molecule has 24 heavy (non-hydrogen) atoms. The molecule has 2 N–H and O–H groups in total. The first kappa shape index (κ1) is 18.5. The number of carbonyl (C=O) groups is 1. The Morgan fingerprint density at radius 1 is 1.21 bits per heavy atom. The van der Waals surface area contributed by atoms with E-state index in [9.17, 15) is 4.79 Å². The predicted molar refractivity (Wildman–Crippen MR) is 99.5 cm³/mol. The van der Waals surface area contributed by atoms with Crippen LogP contribution >= 0.6 is 11.6 Å². The normalized spacial score (nSPS) is 11.5. The van der Waals surface area contributed by atoms with Crippen LogP contribution in [-0.2, 0) is 11.2 Å². The van der Waals surface area contributed by atoms with Crippen LogP contribution in [0.25, 0.3) is 10.9 Å². The maximum absolute atomic E-state index is 11.8. The third-order valence-electron chi connectivity index (χ3n) is 3.45. The van der Waals surface area contributed by atoms with Gasteiger partial charge in [0.25, 0.3) is 0 Å². The van der Waals surface area contributed by atoms with Gasteiger partial charge in [0.1, 0.15) is 11.6 Å². The monoisotopic (exact) mass is 348 g/mol. The van der Waals surface area contributed by atoms with Crippen LogP contribution < -0.4 is 10.6 Å². The van der Waals surface area contributed by atoms with Crippen molar-refractivity contribution in [3.05, 3.63) is 29.0 Å². The number of nitrogens with zero attached hydrogens (tertiary/aromatic N) is 2. The zero-order valence-electron chi connectivity index (χ0n) is 14.7. The third kappa shape index (κ3) is 5.34. The van der Waals surface area contributed by atoms with E-state index < -0.39 is 0 Å². The average molecular weight is 349 g/mol. The van der Waals surface area contributed by atoms with E-state index in [2.05, 4.69) is 41.4 Å². The van der Waals surface area contributed by atoms with E-state index in [0.29, 0.717) is 24.5 Å². The van der Waals surface area contributed by atoms with E-state index in [1.165, 1.54) is 0 Å². The molecule has 0 spiro atoms. The number of hydrogen-bond donors (Lipinski definition) is 2. The van der Waals surface area contributed by atoms with Crippen molar-refractivity contribution < 1.29 is 4.79 Å². The van der Waals surface area contributed by atoms with Gasteiger partial charge in [-0.2, -0.15) is 0 Å². The number of halogens is 1. The van der Waals surface area contributed by atoms with Crippen molar-refractivity contribution in [3.63, 3.8) is 0 Å². The first-order chi connectivity index (χ1) is 11.3. The summed E-state index contributed by atoms with van der Waals surface area (Å²) >= 11 is 6.05. The first-order valence-corrected chi connectivity index (χ1v) is 8.63. The van der Waals surface area contributed by atoms with Gasteiger partial charge in [0, 0.05) is 36.3 Å². The van der Waals surface area contributed by atoms with Gasteiger partial charge < -0.3 is 10.6 Å². The molecule has 0 bridgehead atoms. The molecular formula is C18H25ClN4O. The lowest BCUT2D eigenvalue weighted by atomic mass is 9.92. The molecule has 2 rings (SSSR count). The summed E-state index contributed by atoms with van der Waals surface area (Å²) in [5.41, 5.74) is 0.823. The molecule has 0 radical (unpaired) electrons. The number of fused-ring (bicyclic) bond motifs is 1. The summed E-state index contributed by atoms with van der Waals surface area (Å²) in [5.74, 6) is 1.61. The molecule has 130 valence electrons. The molecule has 0 aliphatic carbocycles. The molecule has 0 aliphatic rings. The van der Waals surface area contributed by atoms with Gasteiger partial charge in [-0.25, -0.2) is 9.97 Å². The number of anilines is 1. The molecule has 0 unspecified atom stereocenters. The maximum Gasteiger partial charge on any atom is 0.220 e. The molecule has 0 saturated heterocycles. The van der Waals surface area contributed by atoms with E-state index in [0.717, 1.165) is 29.0 Å². The SMILES string of the molecule is CCc1nc(NCCNC(=O)CC(C)(C)C)c2ccc(Cl)cc2n1. The second kappa shape index (κ2) is 7.79. The molecule has 0 aliphatic heterocycles. The topological polar surface area (TPSA) is 66.9 Å². The fourth-order valence-electron chi connectivity index (χ4n) is 2.37. The molecule has 1 heterocycles. The van der Waals surface area contributed by atoms with Crippen molar-refractivity contribution in [1.82, 2.24) is 15.3 Å². The average Bonchev–Trinajstić information content (AvgIpc) is 2.48. The number of amides is 1. The van der Waals surface area contributed by atoms with Crippen molar-refractivity contribution in [2.45, 2.75) is 40.5 Å². The van der Waals surface area contributed by atoms with Crippen molar-refractivity contribution in [2.24, 2.45) is 5.41 Å². The minimum absolute atomic E-state index is 0.00430. The molecule has 1 amide bonds. The molecule has 5 nitrogen and oxygen atoms in total. The standard InChI is InChI=1S/C18H25ClN4O/c1-5-15-22-14-10-12(19)6-7-13(14)17(23-15)21-9-8-20-16(24)11-18(2,3)4/h6-7,10H,5,8-9,11H2,1-4H3,(H,20,24)(H,21,22,23). The number of nitrogens with one attached hydrogen (secondary N) is 2. The molecule has 1 aromatic carbocycles. The Hall–Kier alpha value is -1.88. The highest BCUT2D eigenvalue weighted by Crippen LogP contribution is 2.23. The summed E-state index contributed by atoms with van der Waals surface area (Å²) in [6, 6.07) is 5.58. The van der Waals surface area contributed by atoms with Gasteiger partial charge in [-0.15, -0.1) is 0 Å². The summed E-state index contributed by atoms with van der Waals surface area (Å²) < 4.78 is 0. The van der Waals surface area contributed by atoms with E-state index >= 15 is 0 Å². The molecule has 6 heteroatoms. The Morgan fingerprint density at radius 2 is 1.96 bits per heavy atom. The number of aromatic nitrogens is 2. The van der Waals surface area contributed by atoms with E-state index in [4.69, 9.17) is 11.6 Å². The van der Waals surface area contributed by atoms with Gasteiger partial charge in [-0.05, 0) is 23.6 Å². The quantitative estimate of drug-likeness (QED) is 0.779. The third-order valence-corrected chi connectivity index (χ3v) is 3.69. The van der Waals surface area contributed by atoms with Crippen LogP contribution in [0.3, 0.4) is 0 Å². The number of aryl methyl sites for hydroxylation is 1.